The minimum absolute atomic E-state index is 0.145. The van der Waals surface area contributed by atoms with E-state index in [2.05, 4.69) is 50.2 Å². The fraction of sp³-hybridized carbons (Fsp3) is 0.0833. The molecule has 0 saturated carbocycles. The number of hydrogen-bond acceptors (Lipinski definition) is 5. The van der Waals surface area contributed by atoms with Gasteiger partial charge >= 0.3 is 5.97 Å². The smallest absolute Gasteiger partial charge is 0.363 e. The topological polar surface area (TPSA) is 57.1 Å². The normalized spacial score (nSPS) is 14.3. The minimum atomic E-state index is -0.569. The molecule has 0 spiro atoms. The molecule has 0 aliphatic carbocycles. The Morgan fingerprint density at radius 3 is 2.73 bits per heavy atom. The maximum atomic E-state index is 13.4. The molecule has 0 radical (unpaired) electrons. The van der Waals surface area contributed by atoms with Gasteiger partial charge in [0.05, 0.1) is 21.3 Å². The average Bonchev–Trinajstić information content (AvgIpc) is 3.14. The van der Waals surface area contributed by atoms with Gasteiger partial charge in [0.25, 0.3) is 0 Å². The van der Waals surface area contributed by atoms with Crippen molar-refractivity contribution in [3.63, 3.8) is 0 Å². The van der Waals surface area contributed by atoms with Crippen LogP contribution in [-0.4, -0.2) is 19.0 Å². The van der Waals surface area contributed by atoms with Crippen LogP contribution in [0.4, 0.5) is 4.39 Å². The van der Waals surface area contributed by atoms with Crippen LogP contribution in [0, 0.1) is 13.0 Å². The van der Waals surface area contributed by atoms with Crippen molar-refractivity contribution in [3.05, 3.63) is 95.0 Å². The van der Waals surface area contributed by atoms with E-state index in [0.29, 0.717) is 33.2 Å². The molecule has 5 nitrogen and oxygen atoms in total. The molecule has 1 aliphatic heterocycles. The highest BCUT2D eigenvalue weighted by Gasteiger charge is 2.26. The van der Waals surface area contributed by atoms with E-state index in [1.165, 1.54) is 19.2 Å². The first kappa shape index (κ1) is 24.0. The van der Waals surface area contributed by atoms with Crippen LogP contribution in [0.3, 0.4) is 0 Å². The van der Waals surface area contributed by atoms with Crippen molar-refractivity contribution in [1.82, 2.24) is 0 Å². The van der Waals surface area contributed by atoms with Gasteiger partial charge in [0, 0.05) is 3.57 Å². The van der Waals surface area contributed by atoms with E-state index in [0.717, 1.165) is 7.14 Å². The molecule has 33 heavy (non-hydrogen) atoms. The lowest BCUT2D eigenvalue weighted by Crippen LogP contribution is -2.06. The molecule has 1 heterocycles. The zero-order valence-corrected chi connectivity index (χ0v) is 22.1. The number of halogens is 4. The largest absolute Gasteiger partial charge is 0.493 e. The molecule has 0 N–H and O–H groups in total. The third-order valence-electron chi connectivity index (χ3n) is 4.61. The molecule has 4 rings (SSSR count). The van der Waals surface area contributed by atoms with E-state index in [9.17, 15) is 9.18 Å². The highest BCUT2D eigenvalue weighted by Crippen LogP contribution is 2.36. The van der Waals surface area contributed by atoms with Gasteiger partial charge in [-0.25, -0.2) is 14.2 Å². The molecule has 0 unspecified atom stereocenters. The third-order valence-corrected chi connectivity index (χ3v) is 6.41. The van der Waals surface area contributed by atoms with E-state index < -0.39 is 5.97 Å². The standard InChI is InChI=1S/C24H15ClFI2NO4/c1-31-21-10-14(8-19(28)22(21)32-12-13-3-2-4-15(26)7-13)9-20-24(30)33-23(29-20)17-11-16(27)5-6-18(17)25/h2-11H,12H2,1H3/b20-9-. The molecule has 0 bridgehead atoms. The van der Waals surface area contributed by atoms with Crippen molar-refractivity contribution in [2.75, 3.05) is 7.11 Å². The SMILES string of the molecule is COc1cc(/C=C2\N=C(c3cc(I)ccc3Cl)OC2=O)cc(I)c1OCc1cccc(F)c1. The van der Waals surface area contributed by atoms with Gasteiger partial charge in [-0.3, -0.25) is 0 Å². The van der Waals surface area contributed by atoms with Gasteiger partial charge in [-0.05, 0) is 105 Å². The van der Waals surface area contributed by atoms with E-state index >= 15 is 0 Å². The summed E-state index contributed by atoms with van der Waals surface area (Å²) < 4.78 is 31.8. The molecule has 9 heteroatoms. The van der Waals surface area contributed by atoms with E-state index in [4.69, 9.17) is 25.8 Å². The van der Waals surface area contributed by atoms with Gasteiger partial charge in [-0.1, -0.05) is 23.7 Å². The Labute approximate surface area is 221 Å². The number of esters is 1. The fourth-order valence-electron chi connectivity index (χ4n) is 3.09. The number of hydrogen-bond donors (Lipinski definition) is 0. The van der Waals surface area contributed by atoms with Crippen LogP contribution >= 0.6 is 56.8 Å². The summed E-state index contributed by atoms with van der Waals surface area (Å²) in [6, 6.07) is 15.1. The second kappa shape index (κ2) is 10.4. The van der Waals surface area contributed by atoms with Crippen LogP contribution in [0.1, 0.15) is 16.7 Å². The molecular formula is C24H15ClFI2NO4. The van der Waals surface area contributed by atoms with Gasteiger partial charge in [-0.2, -0.15) is 0 Å². The summed E-state index contributed by atoms with van der Waals surface area (Å²) in [5.74, 6) is 0.260. The Kier molecular flexibility index (Phi) is 7.55. The number of carbonyl (C=O) groups excluding carboxylic acids is 1. The molecule has 3 aromatic carbocycles. The highest BCUT2D eigenvalue weighted by molar-refractivity contribution is 14.1. The number of carbonyl (C=O) groups is 1. The molecule has 0 aromatic heterocycles. The number of methoxy groups -OCH3 is 1. The number of ether oxygens (including phenoxy) is 3. The van der Waals surface area contributed by atoms with Crippen LogP contribution in [-0.2, 0) is 16.1 Å². The van der Waals surface area contributed by atoms with E-state index in [-0.39, 0.29) is 24.0 Å². The number of cyclic esters (lactones) is 1. The van der Waals surface area contributed by atoms with Gasteiger partial charge in [0.1, 0.15) is 12.4 Å². The van der Waals surface area contributed by atoms with Crippen molar-refractivity contribution >= 4 is 74.7 Å². The van der Waals surface area contributed by atoms with Crippen molar-refractivity contribution in [1.29, 1.82) is 0 Å². The molecule has 1 aliphatic rings. The molecule has 0 amide bonds. The molecular weight excluding hydrogens is 675 g/mol. The van der Waals surface area contributed by atoms with Gasteiger partial charge in [0.2, 0.25) is 5.90 Å². The molecule has 0 atom stereocenters. The number of benzene rings is 3. The average molecular weight is 690 g/mol. The first-order valence-electron chi connectivity index (χ1n) is 9.57. The lowest BCUT2D eigenvalue weighted by molar-refractivity contribution is -0.129. The first-order chi connectivity index (χ1) is 15.8. The van der Waals surface area contributed by atoms with Crippen LogP contribution in [0.5, 0.6) is 11.5 Å². The van der Waals surface area contributed by atoms with Crippen molar-refractivity contribution < 1.29 is 23.4 Å². The summed E-state index contributed by atoms with van der Waals surface area (Å²) >= 11 is 10.5. The fourth-order valence-corrected chi connectivity index (χ4v) is 4.56. The zero-order valence-electron chi connectivity index (χ0n) is 17.1. The zero-order chi connectivity index (χ0) is 23.5. The van der Waals surface area contributed by atoms with Crippen molar-refractivity contribution in [2.45, 2.75) is 6.61 Å². The summed E-state index contributed by atoms with van der Waals surface area (Å²) in [6.07, 6.45) is 1.61. The highest BCUT2D eigenvalue weighted by atomic mass is 127. The van der Waals surface area contributed by atoms with Gasteiger partial charge in [0.15, 0.2) is 17.2 Å². The van der Waals surface area contributed by atoms with Gasteiger partial charge < -0.3 is 14.2 Å². The Morgan fingerprint density at radius 2 is 1.97 bits per heavy atom. The van der Waals surface area contributed by atoms with Crippen molar-refractivity contribution in [2.24, 2.45) is 4.99 Å². The number of rotatable bonds is 6. The Hall–Kier alpha value is -2.18. The Balaban J connectivity index is 1.61. The summed E-state index contributed by atoms with van der Waals surface area (Å²) in [5.41, 5.74) is 2.07. The van der Waals surface area contributed by atoms with Crippen LogP contribution < -0.4 is 9.47 Å². The molecule has 168 valence electrons. The summed E-state index contributed by atoms with van der Waals surface area (Å²) in [4.78, 5) is 16.7. The van der Waals surface area contributed by atoms with Crippen LogP contribution in [0.15, 0.2) is 65.3 Å². The first-order valence-corrected chi connectivity index (χ1v) is 12.1. The minimum Gasteiger partial charge on any atom is -0.493 e. The molecule has 0 fully saturated rings. The number of aliphatic imine (C=N–C) groups is 1. The molecule has 3 aromatic rings. The third kappa shape index (κ3) is 5.67. The van der Waals surface area contributed by atoms with Crippen molar-refractivity contribution in [3.8, 4) is 11.5 Å². The van der Waals surface area contributed by atoms with Gasteiger partial charge in [-0.15, -0.1) is 0 Å². The van der Waals surface area contributed by atoms with E-state index in [1.54, 1.807) is 36.4 Å². The quantitative estimate of drug-likeness (QED) is 0.166. The summed E-state index contributed by atoms with van der Waals surface area (Å²) in [5, 5.41) is 0.444. The number of nitrogens with zero attached hydrogens (tertiary/aromatic N) is 1. The second-order valence-electron chi connectivity index (χ2n) is 6.91. The van der Waals surface area contributed by atoms with E-state index in [1.807, 2.05) is 12.1 Å². The monoisotopic (exact) mass is 689 g/mol. The Bertz CT molecular complexity index is 1310. The predicted octanol–water partition coefficient (Wildman–Crippen LogP) is 6.62. The lowest BCUT2D eigenvalue weighted by atomic mass is 10.1. The summed E-state index contributed by atoms with van der Waals surface area (Å²) in [7, 11) is 1.52. The van der Waals surface area contributed by atoms with Crippen LogP contribution in [0.25, 0.3) is 6.08 Å². The maximum Gasteiger partial charge on any atom is 0.363 e. The lowest BCUT2D eigenvalue weighted by Gasteiger charge is -2.14. The maximum absolute atomic E-state index is 13.4. The summed E-state index contributed by atoms with van der Waals surface area (Å²) in [6.45, 7) is 0.182. The Morgan fingerprint density at radius 1 is 1.15 bits per heavy atom. The predicted molar refractivity (Wildman–Crippen MR) is 141 cm³/mol. The molecule has 0 saturated heterocycles. The van der Waals surface area contributed by atoms with Crippen LogP contribution in [0.2, 0.25) is 5.02 Å². The second-order valence-corrected chi connectivity index (χ2v) is 9.73.